The van der Waals surface area contributed by atoms with Crippen molar-refractivity contribution in [2.24, 2.45) is 0 Å². The average Bonchev–Trinajstić information content (AvgIpc) is 3.09. The maximum Gasteiger partial charge on any atom is 0.292 e. The Morgan fingerprint density at radius 2 is 2.17 bits per heavy atom. The quantitative estimate of drug-likeness (QED) is 0.844. The summed E-state index contributed by atoms with van der Waals surface area (Å²) >= 11 is 6.35. The van der Waals surface area contributed by atoms with Gasteiger partial charge in [0.05, 0.1) is 23.7 Å². The average molecular weight is 334 g/mol. The highest BCUT2D eigenvalue weighted by atomic mass is 35.5. The zero-order chi connectivity index (χ0) is 16.2. The third kappa shape index (κ3) is 3.41. The molecule has 6 heteroatoms. The molecule has 1 atom stereocenters. The predicted octanol–water partition coefficient (Wildman–Crippen LogP) is 2.89. The fraction of sp³-hybridized carbons (Fsp3) is 0.412. The highest BCUT2D eigenvalue weighted by Gasteiger charge is 2.21. The third-order valence-electron chi connectivity index (χ3n) is 4.07. The molecule has 0 radical (unpaired) electrons. The number of aromatic nitrogens is 2. The second-order valence-electron chi connectivity index (χ2n) is 5.57. The van der Waals surface area contributed by atoms with Crippen LogP contribution in [0.15, 0.2) is 41.3 Å². The van der Waals surface area contributed by atoms with E-state index in [2.05, 4.69) is 10.00 Å². The molecule has 0 spiro atoms. The fourth-order valence-electron chi connectivity index (χ4n) is 2.83. The van der Waals surface area contributed by atoms with Gasteiger partial charge in [0.2, 0.25) is 0 Å². The van der Waals surface area contributed by atoms with Crippen molar-refractivity contribution >= 4 is 17.3 Å². The molecule has 1 aliphatic rings. The Balaban J connectivity index is 1.91. The van der Waals surface area contributed by atoms with Crippen LogP contribution in [0.3, 0.4) is 0 Å². The van der Waals surface area contributed by atoms with E-state index in [1.165, 1.54) is 4.68 Å². The molecule has 0 amide bonds. The SMILES string of the molecule is CCN(CC1CCCO1)c1cnn(-c2ccccc2)c(=O)c1Cl. The summed E-state index contributed by atoms with van der Waals surface area (Å²) in [6.45, 7) is 4.32. The Bertz CT molecular complexity index is 712. The van der Waals surface area contributed by atoms with Crippen molar-refractivity contribution in [1.82, 2.24) is 9.78 Å². The largest absolute Gasteiger partial charge is 0.376 e. The van der Waals surface area contributed by atoms with Crippen molar-refractivity contribution < 1.29 is 4.74 Å². The molecule has 3 rings (SSSR count). The summed E-state index contributed by atoms with van der Waals surface area (Å²) in [5.41, 5.74) is 1.07. The first-order valence-electron chi connectivity index (χ1n) is 7.90. The predicted molar refractivity (Wildman–Crippen MR) is 91.7 cm³/mol. The van der Waals surface area contributed by atoms with Crippen LogP contribution in [-0.2, 0) is 4.74 Å². The van der Waals surface area contributed by atoms with Gasteiger partial charge in [-0.15, -0.1) is 0 Å². The molecular weight excluding hydrogens is 314 g/mol. The van der Waals surface area contributed by atoms with Crippen LogP contribution in [0.2, 0.25) is 5.02 Å². The number of nitrogens with zero attached hydrogens (tertiary/aromatic N) is 3. The van der Waals surface area contributed by atoms with Gasteiger partial charge in [0.25, 0.3) is 5.56 Å². The molecule has 0 bridgehead atoms. The molecule has 1 saturated heterocycles. The van der Waals surface area contributed by atoms with Gasteiger partial charge in [-0.3, -0.25) is 4.79 Å². The maximum atomic E-state index is 12.6. The lowest BCUT2D eigenvalue weighted by Gasteiger charge is -2.26. The number of benzene rings is 1. The summed E-state index contributed by atoms with van der Waals surface area (Å²) in [4.78, 5) is 14.6. The Morgan fingerprint density at radius 1 is 1.39 bits per heavy atom. The van der Waals surface area contributed by atoms with E-state index in [1.807, 2.05) is 37.3 Å². The van der Waals surface area contributed by atoms with Gasteiger partial charge >= 0.3 is 0 Å². The number of halogens is 1. The number of hydrogen-bond acceptors (Lipinski definition) is 4. The normalized spacial score (nSPS) is 17.4. The van der Waals surface area contributed by atoms with Gasteiger partial charge < -0.3 is 9.64 Å². The standard InChI is InChI=1S/C17H20ClN3O2/c1-2-20(12-14-9-6-10-23-14)15-11-19-21(17(22)16(15)18)13-7-4-3-5-8-13/h3-5,7-8,11,14H,2,6,9-10,12H2,1H3. The highest BCUT2D eigenvalue weighted by Crippen LogP contribution is 2.24. The van der Waals surface area contributed by atoms with Gasteiger partial charge in [-0.1, -0.05) is 29.8 Å². The zero-order valence-electron chi connectivity index (χ0n) is 13.1. The van der Waals surface area contributed by atoms with Crippen LogP contribution in [0.4, 0.5) is 5.69 Å². The van der Waals surface area contributed by atoms with Crippen molar-refractivity contribution in [2.45, 2.75) is 25.9 Å². The Labute approximate surface area is 140 Å². The fourth-order valence-corrected chi connectivity index (χ4v) is 3.08. The first kappa shape index (κ1) is 16.0. The zero-order valence-corrected chi connectivity index (χ0v) is 13.9. The van der Waals surface area contributed by atoms with Gasteiger partial charge in [0.15, 0.2) is 0 Å². The molecule has 0 aliphatic carbocycles. The minimum absolute atomic E-state index is 0.197. The van der Waals surface area contributed by atoms with E-state index in [4.69, 9.17) is 16.3 Å². The van der Waals surface area contributed by atoms with Gasteiger partial charge in [-0.2, -0.15) is 9.78 Å². The molecule has 1 aromatic heterocycles. The van der Waals surface area contributed by atoms with E-state index in [0.717, 1.165) is 32.5 Å². The van der Waals surface area contributed by atoms with Crippen LogP contribution in [0.1, 0.15) is 19.8 Å². The molecule has 2 heterocycles. The van der Waals surface area contributed by atoms with E-state index >= 15 is 0 Å². The van der Waals surface area contributed by atoms with Gasteiger partial charge in [0.1, 0.15) is 5.02 Å². The number of ether oxygens (including phenoxy) is 1. The Hall–Kier alpha value is -1.85. The number of anilines is 1. The Morgan fingerprint density at radius 3 is 2.83 bits per heavy atom. The van der Waals surface area contributed by atoms with Crippen LogP contribution in [0.25, 0.3) is 5.69 Å². The first-order chi connectivity index (χ1) is 11.2. The minimum atomic E-state index is -0.304. The summed E-state index contributed by atoms with van der Waals surface area (Å²) in [6.07, 6.45) is 3.99. The van der Waals surface area contributed by atoms with Gasteiger partial charge in [-0.25, -0.2) is 0 Å². The lowest BCUT2D eigenvalue weighted by Crippen LogP contribution is -2.34. The van der Waals surface area contributed by atoms with Crippen molar-refractivity contribution in [3.05, 3.63) is 51.9 Å². The third-order valence-corrected chi connectivity index (χ3v) is 4.43. The van der Waals surface area contributed by atoms with Crippen LogP contribution >= 0.6 is 11.6 Å². The number of para-hydroxylation sites is 1. The van der Waals surface area contributed by atoms with E-state index in [9.17, 15) is 4.79 Å². The summed E-state index contributed by atoms with van der Waals surface area (Å²) < 4.78 is 7.01. The smallest absolute Gasteiger partial charge is 0.292 e. The monoisotopic (exact) mass is 333 g/mol. The van der Waals surface area contributed by atoms with Crippen LogP contribution in [0, 0.1) is 0 Å². The molecule has 5 nitrogen and oxygen atoms in total. The first-order valence-corrected chi connectivity index (χ1v) is 8.28. The lowest BCUT2D eigenvalue weighted by molar-refractivity contribution is 0.115. The van der Waals surface area contributed by atoms with E-state index in [1.54, 1.807) is 6.20 Å². The molecule has 2 aromatic rings. The summed E-state index contributed by atoms with van der Waals surface area (Å²) in [5, 5.41) is 4.49. The molecule has 122 valence electrons. The molecule has 1 unspecified atom stereocenters. The molecule has 0 N–H and O–H groups in total. The molecule has 1 fully saturated rings. The minimum Gasteiger partial charge on any atom is -0.376 e. The van der Waals surface area contributed by atoms with Crippen molar-refractivity contribution in [2.75, 3.05) is 24.6 Å². The summed E-state index contributed by atoms with van der Waals surface area (Å²) in [7, 11) is 0. The summed E-state index contributed by atoms with van der Waals surface area (Å²) in [6, 6.07) is 9.27. The number of hydrogen-bond donors (Lipinski definition) is 0. The molecule has 1 aromatic carbocycles. The van der Waals surface area contributed by atoms with E-state index in [0.29, 0.717) is 11.4 Å². The Kier molecular flexibility index (Phi) is 4.98. The van der Waals surface area contributed by atoms with Gasteiger partial charge in [0, 0.05) is 19.7 Å². The second kappa shape index (κ2) is 7.15. The molecule has 1 aliphatic heterocycles. The second-order valence-corrected chi connectivity index (χ2v) is 5.95. The topological polar surface area (TPSA) is 47.4 Å². The number of likely N-dealkylation sites (N-methyl/N-ethyl adjacent to an activating group) is 1. The maximum absolute atomic E-state index is 12.6. The van der Waals surface area contributed by atoms with Crippen molar-refractivity contribution in [3.8, 4) is 5.69 Å². The molecular formula is C17H20ClN3O2. The molecule has 23 heavy (non-hydrogen) atoms. The highest BCUT2D eigenvalue weighted by molar-refractivity contribution is 6.33. The van der Waals surface area contributed by atoms with Crippen LogP contribution in [0.5, 0.6) is 0 Å². The van der Waals surface area contributed by atoms with Crippen LogP contribution < -0.4 is 10.5 Å². The van der Waals surface area contributed by atoms with Crippen molar-refractivity contribution in [1.29, 1.82) is 0 Å². The van der Waals surface area contributed by atoms with Gasteiger partial charge in [-0.05, 0) is 31.9 Å². The molecule has 0 saturated carbocycles. The lowest BCUT2D eigenvalue weighted by atomic mass is 10.2. The van der Waals surface area contributed by atoms with Crippen LogP contribution in [-0.4, -0.2) is 35.6 Å². The van der Waals surface area contributed by atoms with E-state index in [-0.39, 0.29) is 16.7 Å². The van der Waals surface area contributed by atoms with Crippen molar-refractivity contribution in [3.63, 3.8) is 0 Å². The number of rotatable bonds is 5. The summed E-state index contributed by atoms with van der Waals surface area (Å²) in [5.74, 6) is 0. The van der Waals surface area contributed by atoms with E-state index < -0.39 is 0 Å².